The van der Waals surface area contributed by atoms with Crippen molar-refractivity contribution in [3.05, 3.63) is 35.0 Å². The lowest BCUT2D eigenvalue weighted by molar-refractivity contribution is 0.413. The van der Waals surface area contributed by atoms with E-state index in [2.05, 4.69) is 52.7 Å². The molecule has 0 saturated heterocycles. The number of hydrogen-bond donors (Lipinski definition) is 3. The number of fused-ring (bicyclic) bond motifs is 1. The maximum Gasteiger partial charge on any atom is 0.191 e. The molecule has 6 heteroatoms. The lowest BCUT2D eigenvalue weighted by atomic mass is 9.95. The van der Waals surface area contributed by atoms with Crippen LogP contribution in [0.5, 0.6) is 0 Å². The highest BCUT2D eigenvalue weighted by atomic mass is 32.2. The zero-order valence-corrected chi connectivity index (χ0v) is 17.7. The molecule has 27 heavy (non-hydrogen) atoms. The van der Waals surface area contributed by atoms with Crippen molar-refractivity contribution in [1.29, 1.82) is 0 Å². The molecular formula is C21H32N4OS. The Bertz CT molecular complexity index is 842. The molecule has 1 aliphatic carbocycles. The minimum Gasteiger partial charge on any atom is -0.358 e. The Kier molecular flexibility index (Phi) is 6.58. The molecular weight excluding hydrogens is 356 g/mol. The molecule has 3 rings (SSSR count). The Morgan fingerprint density at radius 3 is 2.89 bits per heavy atom. The molecule has 3 N–H and O–H groups in total. The molecule has 148 valence electrons. The summed E-state index contributed by atoms with van der Waals surface area (Å²) in [5.41, 5.74) is 4.96. The molecule has 3 atom stereocenters. The Balaban J connectivity index is 1.59. The van der Waals surface area contributed by atoms with Gasteiger partial charge in [-0.05, 0) is 56.4 Å². The molecule has 5 nitrogen and oxygen atoms in total. The summed E-state index contributed by atoms with van der Waals surface area (Å²) < 4.78 is 12.1. The number of benzene rings is 1. The first-order valence-electron chi connectivity index (χ1n) is 9.94. The van der Waals surface area contributed by atoms with Gasteiger partial charge in [-0.15, -0.1) is 0 Å². The predicted octanol–water partition coefficient (Wildman–Crippen LogP) is 3.53. The van der Waals surface area contributed by atoms with E-state index in [0.717, 1.165) is 43.9 Å². The normalized spacial score (nSPS) is 22.0. The van der Waals surface area contributed by atoms with E-state index >= 15 is 0 Å². The number of aliphatic imine (C=N–C) groups is 1. The lowest BCUT2D eigenvalue weighted by Crippen LogP contribution is -2.46. The fourth-order valence-corrected chi connectivity index (χ4v) is 5.29. The number of aromatic amines is 1. The van der Waals surface area contributed by atoms with Gasteiger partial charge in [0.05, 0.1) is 0 Å². The molecule has 1 heterocycles. The van der Waals surface area contributed by atoms with Crippen molar-refractivity contribution in [3.8, 4) is 0 Å². The van der Waals surface area contributed by atoms with Crippen molar-refractivity contribution in [2.24, 2.45) is 4.99 Å². The quantitative estimate of drug-likeness (QED) is 0.542. The monoisotopic (exact) mass is 388 g/mol. The number of hydrogen-bond acceptors (Lipinski definition) is 2. The van der Waals surface area contributed by atoms with Gasteiger partial charge < -0.3 is 15.6 Å². The fraction of sp³-hybridized carbons (Fsp3) is 0.571. The van der Waals surface area contributed by atoms with Crippen molar-refractivity contribution in [2.45, 2.75) is 64.3 Å². The molecule has 0 radical (unpaired) electrons. The van der Waals surface area contributed by atoms with Gasteiger partial charge >= 0.3 is 0 Å². The van der Waals surface area contributed by atoms with Crippen LogP contribution in [0.4, 0.5) is 0 Å². The number of aryl methyl sites for hydroxylation is 2. The van der Waals surface area contributed by atoms with E-state index in [0.29, 0.717) is 11.3 Å². The van der Waals surface area contributed by atoms with E-state index < -0.39 is 10.8 Å². The average molecular weight is 389 g/mol. The first kappa shape index (κ1) is 19.9. The third kappa shape index (κ3) is 4.72. The molecule has 0 bridgehead atoms. The first-order valence-corrected chi connectivity index (χ1v) is 11.3. The van der Waals surface area contributed by atoms with Crippen molar-refractivity contribution in [1.82, 2.24) is 15.6 Å². The Labute approximate surface area is 164 Å². The van der Waals surface area contributed by atoms with Crippen LogP contribution in [0.15, 0.2) is 23.2 Å². The van der Waals surface area contributed by atoms with Crippen LogP contribution in [-0.4, -0.2) is 39.2 Å². The van der Waals surface area contributed by atoms with Gasteiger partial charge in [-0.1, -0.05) is 19.4 Å². The van der Waals surface area contributed by atoms with E-state index in [1.165, 1.54) is 27.7 Å². The highest BCUT2D eigenvalue weighted by molar-refractivity contribution is 7.85. The van der Waals surface area contributed by atoms with Crippen molar-refractivity contribution in [2.75, 3.05) is 12.8 Å². The summed E-state index contributed by atoms with van der Waals surface area (Å²) in [5.74, 6) is 1.58. The molecule has 1 saturated carbocycles. The second-order valence-corrected chi connectivity index (χ2v) is 9.49. The summed E-state index contributed by atoms with van der Waals surface area (Å²) in [6.45, 7) is 7.02. The van der Waals surface area contributed by atoms with Crippen LogP contribution >= 0.6 is 0 Å². The Hall–Kier alpha value is -1.82. The van der Waals surface area contributed by atoms with Gasteiger partial charge in [0, 0.05) is 58.0 Å². The predicted molar refractivity (Wildman–Crippen MR) is 116 cm³/mol. The van der Waals surface area contributed by atoms with Gasteiger partial charge in [0.15, 0.2) is 5.96 Å². The number of nitrogens with one attached hydrogen (secondary N) is 3. The van der Waals surface area contributed by atoms with Crippen LogP contribution in [-0.2, 0) is 17.3 Å². The van der Waals surface area contributed by atoms with Crippen LogP contribution in [0, 0.1) is 13.8 Å². The molecule has 0 spiro atoms. The number of rotatable bonds is 5. The SMILES string of the molecule is CCS(=O)C1CCCC(NC(=NC)NCc2ccc3[nH]c(C)c(C)c3c2)C1. The molecule has 1 fully saturated rings. The van der Waals surface area contributed by atoms with Crippen molar-refractivity contribution >= 4 is 27.7 Å². The minimum absolute atomic E-state index is 0.321. The molecule has 0 amide bonds. The highest BCUT2D eigenvalue weighted by Crippen LogP contribution is 2.24. The fourth-order valence-electron chi connectivity index (χ4n) is 3.94. The third-order valence-corrected chi connectivity index (χ3v) is 7.42. The Morgan fingerprint density at radius 2 is 2.15 bits per heavy atom. The zero-order valence-electron chi connectivity index (χ0n) is 16.9. The maximum atomic E-state index is 12.1. The van der Waals surface area contributed by atoms with Crippen LogP contribution in [0.25, 0.3) is 10.9 Å². The summed E-state index contributed by atoms with van der Waals surface area (Å²) in [7, 11) is 1.11. The zero-order chi connectivity index (χ0) is 19.4. The van der Waals surface area contributed by atoms with Crippen LogP contribution in [0.2, 0.25) is 0 Å². The number of guanidine groups is 1. The van der Waals surface area contributed by atoms with Crippen LogP contribution in [0.1, 0.15) is 49.4 Å². The van der Waals surface area contributed by atoms with E-state index in [4.69, 9.17) is 0 Å². The summed E-state index contributed by atoms with van der Waals surface area (Å²) in [5, 5.41) is 8.58. The first-order chi connectivity index (χ1) is 13.0. The second-order valence-electron chi connectivity index (χ2n) is 7.48. The molecule has 0 aliphatic heterocycles. The number of H-pyrrole nitrogens is 1. The maximum absolute atomic E-state index is 12.1. The topological polar surface area (TPSA) is 69.3 Å². The Morgan fingerprint density at radius 1 is 1.33 bits per heavy atom. The molecule has 1 aliphatic rings. The summed E-state index contributed by atoms with van der Waals surface area (Å²) >= 11 is 0. The minimum atomic E-state index is -0.701. The van der Waals surface area contributed by atoms with Crippen LogP contribution in [0.3, 0.4) is 0 Å². The molecule has 3 unspecified atom stereocenters. The van der Waals surface area contributed by atoms with Gasteiger partial charge in [0.25, 0.3) is 0 Å². The number of aromatic nitrogens is 1. The molecule has 1 aromatic heterocycles. The van der Waals surface area contributed by atoms with Crippen LogP contribution < -0.4 is 10.6 Å². The van der Waals surface area contributed by atoms with Gasteiger partial charge in [0.2, 0.25) is 0 Å². The van der Waals surface area contributed by atoms with E-state index in [1.54, 1.807) is 0 Å². The second kappa shape index (κ2) is 8.91. The van der Waals surface area contributed by atoms with Gasteiger partial charge in [-0.25, -0.2) is 0 Å². The smallest absolute Gasteiger partial charge is 0.191 e. The molecule has 2 aromatic rings. The molecule has 1 aromatic carbocycles. The summed E-state index contributed by atoms with van der Waals surface area (Å²) in [6, 6.07) is 6.89. The standard InChI is InChI=1S/C21H32N4OS/c1-5-27(26)18-8-6-7-17(12-18)25-21(22-4)23-13-16-9-10-20-19(11-16)14(2)15(3)24-20/h9-11,17-18,24H,5-8,12-13H2,1-4H3,(H2,22,23,25). The lowest BCUT2D eigenvalue weighted by Gasteiger charge is -2.30. The van der Waals surface area contributed by atoms with Crippen molar-refractivity contribution < 1.29 is 4.21 Å². The summed E-state index contributed by atoms with van der Waals surface area (Å²) in [6.07, 6.45) is 4.30. The summed E-state index contributed by atoms with van der Waals surface area (Å²) in [4.78, 5) is 7.80. The van der Waals surface area contributed by atoms with Crippen molar-refractivity contribution in [3.63, 3.8) is 0 Å². The van der Waals surface area contributed by atoms with E-state index in [-0.39, 0.29) is 0 Å². The number of nitrogens with zero attached hydrogens (tertiary/aromatic N) is 1. The largest absolute Gasteiger partial charge is 0.358 e. The van der Waals surface area contributed by atoms with Gasteiger partial charge in [-0.2, -0.15) is 0 Å². The van der Waals surface area contributed by atoms with E-state index in [9.17, 15) is 4.21 Å². The average Bonchev–Trinajstić information content (AvgIpc) is 2.98. The third-order valence-electron chi connectivity index (χ3n) is 5.68. The van der Waals surface area contributed by atoms with Gasteiger partial charge in [0.1, 0.15) is 0 Å². The highest BCUT2D eigenvalue weighted by Gasteiger charge is 2.26. The van der Waals surface area contributed by atoms with Gasteiger partial charge in [-0.3, -0.25) is 9.20 Å². The van der Waals surface area contributed by atoms with E-state index in [1.807, 2.05) is 14.0 Å².